The Morgan fingerprint density at radius 2 is 1.97 bits per heavy atom. The van der Waals surface area contributed by atoms with Crippen LogP contribution in [0.4, 0.5) is 9.18 Å². The Labute approximate surface area is 216 Å². The first kappa shape index (κ1) is 27.9. The Hall–Kier alpha value is -2.10. The number of aliphatic hydroxyl groups excluding tert-OH is 2. The van der Waals surface area contributed by atoms with Gasteiger partial charge in [-0.1, -0.05) is 32.4 Å². The maximum Gasteiger partial charge on any atom is 0.508 e. The third kappa shape index (κ3) is 3.91. The van der Waals surface area contributed by atoms with Crippen LogP contribution in [0.3, 0.4) is 0 Å². The minimum atomic E-state index is -2.06. The average molecular weight is 523 g/mol. The predicted octanol–water partition coefficient (Wildman–Crippen LogP) is 3.22. The normalized spacial score (nSPS) is 43.2. The first-order valence-electron chi connectivity index (χ1n) is 13.3. The molecule has 4 aliphatic rings. The standard InChI is InChI=1S/C28H39FO8/c1-5-19(9-11-30)37-24(34)36-15-23(33)28(35)16(2)12-21-20-7-6-17-13-18(31)8-10-25(17,3)27(20,29)22(32)14-26(21,28)4/h8,10,13,16,19-22,30,32,35H,5-7,9,11-12,14-15H2,1-4H3/t16-,19?,20+,21+,22+,25+,26+,27+,28+/m1/s1. The van der Waals surface area contributed by atoms with Gasteiger partial charge in [0.1, 0.15) is 11.7 Å². The van der Waals surface area contributed by atoms with Crippen LogP contribution < -0.4 is 0 Å². The highest BCUT2D eigenvalue weighted by Crippen LogP contribution is 2.70. The van der Waals surface area contributed by atoms with Gasteiger partial charge in [-0.15, -0.1) is 0 Å². The molecule has 206 valence electrons. The number of hydrogen-bond acceptors (Lipinski definition) is 8. The van der Waals surface area contributed by atoms with E-state index in [-0.39, 0.29) is 25.2 Å². The highest BCUT2D eigenvalue weighted by molar-refractivity contribution is 6.01. The van der Waals surface area contributed by atoms with Gasteiger partial charge in [0.2, 0.25) is 5.78 Å². The minimum absolute atomic E-state index is 0.152. The summed E-state index contributed by atoms with van der Waals surface area (Å²) in [7, 11) is 0. The van der Waals surface area contributed by atoms with Crippen molar-refractivity contribution in [3.63, 3.8) is 0 Å². The maximum atomic E-state index is 17.2. The molecule has 0 bridgehead atoms. The zero-order chi connectivity index (χ0) is 27.4. The number of Topliss-reactive ketones (excluding diaryl/α,β-unsaturated/α-hetero) is 1. The number of aliphatic hydroxyl groups is 3. The molecule has 0 aromatic carbocycles. The van der Waals surface area contributed by atoms with Crippen LogP contribution in [0, 0.1) is 28.6 Å². The largest absolute Gasteiger partial charge is 0.508 e. The Morgan fingerprint density at radius 3 is 2.62 bits per heavy atom. The van der Waals surface area contributed by atoms with Gasteiger partial charge in [-0.2, -0.15) is 0 Å². The van der Waals surface area contributed by atoms with Crippen molar-refractivity contribution in [3.05, 3.63) is 23.8 Å². The van der Waals surface area contributed by atoms with Gasteiger partial charge in [0.15, 0.2) is 18.1 Å². The van der Waals surface area contributed by atoms with Gasteiger partial charge in [-0.25, -0.2) is 9.18 Å². The fraction of sp³-hybridized carbons (Fsp3) is 0.750. The van der Waals surface area contributed by atoms with Gasteiger partial charge in [0.25, 0.3) is 0 Å². The topological polar surface area (TPSA) is 130 Å². The third-order valence-electron chi connectivity index (χ3n) is 10.1. The van der Waals surface area contributed by atoms with Crippen LogP contribution in [-0.2, 0) is 19.1 Å². The van der Waals surface area contributed by atoms with Crippen LogP contribution in [0.25, 0.3) is 0 Å². The lowest BCUT2D eigenvalue weighted by Gasteiger charge is -2.62. The molecule has 0 aliphatic heterocycles. The lowest BCUT2D eigenvalue weighted by atomic mass is 9.44. The number of carbonyl (C=O) groups excluding carboxylic acids is 3. The van der Waals surface area contributed by atoms with E-state index < -0.39 is 70.6 Å². The molecule has 3 fully saturated rings. The van der Waals surface area contributed by atoms with Crippen LogP contribution in [0.2, 0.25) is 0 Å². The van der Waals surface area contributed by atoms with Gasteiger partial charge in [-0.05, 0) is 63.0 Å². The van der Waals surface area contributed by atoms with E-state index in [9.17, 15) is 24.6 Å². The van der Waals surface area contributed by atoms with E-state index in [0.29, 0.717) is 31.3 Å². The molecule has 0 saturated heterocycles. The summed E-state index contributed by atoms with van der Waals surface area (Å²) < 4.78 is 27.4. The minimum Gasteiger partial charge on any atom is -0.431 e. The zero-order valence-corrected chi connectivity index (χ0v) is 22.0. The quantitative estimate of drug-likeness (QED) is 0.435. The van der Waals surface area contributed by atoms with E-state index in [1.165, 1.54) is 12.2 Å². The lowest BCUT2D eigenvalue weighted by molar-refractivity contribution is -0.219. The number of fused-ring (bicyclic) bond motifs is 5. The first-order valence-corrected chi connectivity index (χ1v) is 13.3. The van der Waals surface area contributed by atoms with Gasteiger partial charge in [0, 0.05) is 29.8 Å². The predicted molar refractivity (Wildman–Crippen MR) is 131 cm³/mol. The van der Waals surface area contributed by atoms with Crippen molar-refractivity contribution in [2.75, 3.05) is 13.2 Å². The number of alkyl halides is 1. The maximum absolute atomic E-state index is 17.2. The molecule has 0 aromatic heterocycles. The fourth-order valence-electron chi connectivity index (χ4n) is 8.04. The Kier molecular flexibility index (Phi) is 7.23. The van der Waals surface area contributed by atoms with Crippen molar-refractivity contribution >= 4 is 17.7 Å². The van der Waals surface area contributed by atoms with Gasteiger partial charge >= 0.3 is 6.16 Å². The molecule has 0 spiro atoms. The molecule has 3 saturated carbocycles. The van der Waals surface area contributed by atoms with Crippen LogP contribution in [0.1, 0.15) is 66.2 Å². The molecule has 0 radical (unpaired) electrons. The average Bonchev–Trinajstić information content (AvgIpc) is 3.05. The van der Waals surface area contributed by atoms with Crippen molar-refractivity contribution in [3.8, 4) is 0 Å². The Morgan fingerprint density at radius 1 is 1.27 bits per heavy atom. The SMILES string of the molecule is CCC(CCO)OC(=O)OCC(=O)[C@@]1(O)[C@H](C)C[C@H]2[C@@H]3CCC4=CC(=O)C=C[C@]4(C)[C@@]3(F)[C@@H](O)C[C@@]21C. The molecule has 4 rings (SSSR count). The molecule has 3 N–H and O–H groups in total. The van der Waals surface area contributed by atoms with E-state index in [4.69, 9.17) is 14.6 Å². The molecule has 9 atom stereocenters. The van der Waals surface area contributed by atoms with Crippen molar-refractivity contribution in [2.24, 2.45) is 28.6 Å². The molecule has 1 unspecified atom stereocenters. The van der Waals surface area contributed by atoms with Gasteiger partial charge in [-0.3, -0.25) is 9.59 Å². The molecular formula is C28H39FO8. The van der Waals surface area contributed by atoms with Gasteiger partial charge in [0.05, 0.1) is 6.10 Å². The number of rotatable bonds is 7. The summed E-state index contributed by atoms with van der Waals surface area (Å²) >= 11 is 0. The van der Waals surface area contributed by atoms with Crippen LogP contribution >= 0.6 is 0 Å². The van der Waals surface area contributed by atoms with Gasteiger partial charge < -0.3 is 24.8 Å². The van der Waals surface area contributed by atoms with Crippen molar-refractivity contribution in [1.29, 1.82) is 0 Å². The van der Waals surface area contributed by atoms with E-state index in [0.717, 1.165) is 0 Å². The van der Waals surface area contributed by atoms with Crippen LogP contribution in [0.5, 0.6) is 0 Å². The second kappa shape index (κ2) is 9.58. The highest BCUT2D eigenvalue weighted by Gasteiger charge is 2.75. The summed E-state index contributed by atoms with van der Waals surface area (Å²) in [5.41, 5.74) is -5.64. The number of ether oxygens (including phenoxy) is 2. The smallest absolute Gasteiger partial charge is 0.431 e. The summed E-state index contributed by atoms with van der Waals surface area (Å²) in [6.45, 7) is 6.08. The molecule has 8 nitrogen and oxygen atoms in total. The first-order chi connectivity index (χ1) is 17.3. The van der Waals surface area contributed by atoms with Crippen molar-refractivity contribution in [2.45, 2.75) is 89.7 Å². The third-order valence-corrected chi connectivity index (χ3v) is 10.1. The van der Waals surface area contributed by atoms with Crippen LogP contribution in [-0.4, -0.2) is 69.7 Å². The van der Waals surface area contributed by atoms with E-state index in [1.54, 1.807) is 33.8 Å². The number of halogens is 1. The molecule has 0 aromatic rings. The van der Waals surface area contributed by atoms with Crippen molar-refractivity contribution in [1.82, 2.24) is 0 Å². The van der Waals surface area contributed by atoms with Crippen LogP contribution in [0.15, 0.2) is 23.8 Å². The molecule has 37 heavy (non-hydrogen) atoms. The summed E-state index contributed by atoms with van der Waals surface area (Å²) in [6, 6.07) is 0. The Balaban J connectivity index is 1.58. The lowest BCUT2D eigenvalue weighted by Crippen LogP contribution is -2.69. The summed E-state index contributed by atoms with van der Waals surface area (Å²) in [5, 5.41) is 32.4. The zero-order valence-electron chi connectivity index (χ0n) is 22.0. The summed E-state index contributed by atoms with van der Waals surface area (Å²) in [5.74, 6) is -2.51. The number of hydrogen-bond donors (Lipinski definition) is 3. The number of carbonyl (C=O) groups is 3. The summed E-state index contributed by atoms with van der Waals surface area (Å²) in [6.07, 6.45) is 3.10. The number of allylic oxidation sites excluding steroid dienone is 4. The molecule has 4 aliphatic carbocycles. The second-order valence-corrected chi connectivity index (χ2v) is 11.8. The highest BCUT2D eigenvalue weighted by atomic mass is 19.1. The van der Waals surface area contributed by atoms with E-state index in [1.807, 2.05) is 0 Å². The molecule has 9 heteroatoms. The second-order valence-electron chi connectivity index (χ2n) is 11.8. The molecule has 0 heterocycles. The summed E-state index contributed by atoms with van der Waals surface area (Å²) in [4.78, 5) is 37.6. The number of ketones is 2. The van der Waals surface area contributed by atoms with E-state index >= 15 is 4.39 Å². The fourth-order valence-corrected chi connectivity index (χ4v) is 8.04. The monoisotopic (exact) mass is 522 g/mol. The molecule has 0 amide bonds. The molecular weight excluding hydrogens is 483 g/mol. The van der Waals surface area contributed by atoms with Crippen molar-refractivity contribution < 1.29 is 43.6 Å². The van der Waals surface area contributed by atoms with E-state index in [2.05, 4.69) is 0 Å². The Bertz CT molecular complexity index is 1020.